The van der Waals surface area contributed by atoms with E-state index in [2.05, 4.69) is 0 Å². The smallest absolute Gasteiger partial charge is 0.274 e. The summed E-state index contributed by atoms with van der Waals surface area (Å²) in [5, 5.41) is 0. The second-order valence-corrected chi connectivity index (χ2v) is 5.16. The molecule has 0 fully saturated rings. The molecule has 1 N–H and O–H groups in total. The van der Waals surface area contributed by atoms with Crippen LogP contribution in [-0.4, -0.2) is 37.6 Å². The Balaban J connectivity index is 6.74. The number of carbonyl (C=O) groups excluding carboxylic acids is 1. The highest BCUT2D eigenvalue weighted by Gasteiger charge is 2.91. The fourth-order valence-electron chi connectivity index (χ4n) is 1.20. The summed E-state index contributed by atoms with van der Waals surface area (Å²) < 4.78 is 126. The van der Waals surface area contributed by atoms with Crippen molar-refractivity contribution < 1.29 is 52.7 Å². The standard InChI is InChI=1S/C6H4F9NO3S/c1-2(17)16-20(18,19)3(4(7,8)9,5(10,11)12)6(13,14)15/h1H3,(H,16,17). The zero-order valence-corrected chi connectivity index (χ0v) is 9.85. The first-order valence-electron chi connectivity index (χ1n) is 4.15. The molecule has 0 saturated heterocycles. The maximum Gasteiger partial charge on any atom is 0.428 e. The number of alkyl halides is 9. The molecule has 0 unspecified atom stereocenters. The normalized spacial score (nSPS) is 15.1. The van der Waals surface area contributed by atoms with Gasteiger partial charge >= 0.3 is 23.3 Å². The third-order valence-corrected chi connectivity index (χ3v) is 3.94. The summed E-state index contributed by atoms with van der Waals surface area (Å²) in [7, 11) is -7.23. The fourth-order valence-corrected chi connectivity index (χ4v) is 2.65. The Labute approximate surface area is 105 Å². The van der Waals surface area contributed by atoms with Gasteiger partial charge < -0.3 is 0 Å². The highest BCUT2D eigenvalue weighted by atomic mass is 32.2. The average molecular weight is 341 g/mol. The van der Waals surface area contributed by atoms with Gasteiger partial charge in [0.2, 0.25) is 5.91 Å². The third-order valence-electron chi connectivity index (χ3n) is 1.88. The summed E-state index contributed by atoms with van der Waals surface area (Å²) in [6, 6.07) is 0. The first-order chi connectivity index (χ1) is 8.42. The van der Waals surface area contributed by atoms with Crippen molar-refractivity contribution in [1.29, 1.82) is 0 Å². The summed E-state index contributed by atoms with van der Waals surface area (Å²) in [6.07, 6.45) is -21.9. The molecule has 0 saturated carbocycles. The predicted octanol–water partition coefficient (Wildman–Crippen LogP) is 1.88. The first-order valence-corrected chi connectivity index (χ1v) is 5.63. The van der Waals surface area contributed by atoms with Gasteiger partial charge in [0.05, 0.1) is 0 Å². The van der Waals surface area contributed by atoms with E-state index in [1.54, 1.807) is 0 Å². The van der Waals surface area contributed by atoms with E-state index < -0.39 is 39.2 Å². The second-order valence-electron chi connectivity index (χ2n) is 3.34. The van der Waals surface area contributed by atoms with E-state index in [4.69, 9.17) is 0 Å². The van der Waals surface area contributed by atoms with Gasteiger partial charge in [-0.2, -0.15) is 39.5 Å². The molecule has 0 radical (unpaired) electrons. The number of hydrogen-bond acceptors (Lipinski definition) is 3. The average Bonchev–Trinajstić information content (AvgIpc) is 1.87. The topological polar surface area (TPSA) is 63.2 Å². The number of halogens is 9. The number of hydrogen-bond donors (Lipinski definition) is 1. The van der Waals surface area contributed by atoms with Crippen LogP contribution in [0.3, 0.4) is 0 Å². The largest absolute Gasteiger partial charge is 0.428 e. The zero-order valence-electron chi connectivity index (χ0n) is 9.03. The Kier molecular flexibility index (Phi) is 4.38. The summed E-state index contributed by atoms with van der Waals surface area (Å²) >= 11 is 0. The molecule has 0 heterocycles. The van der Waals surface area contributed by atoms with Crippen LogP contribution in [0.15, 0.2) is 0 Å². The zero-order chi connectivity index (χ0) is 16.8. The molecule has 14 heteroatoms. The van der Waals surface area contributed by atoms with E-state index in [-0.39, 0.29) is 11.6 Å². The highest BCUT2D eigenvalue weighted by Crippen LogP contribution is 2.56. The van der Waals surface area contributed by atoms with Crippen molar-refractivity contribution in [2.45, 2.75) is 30.2 Å². The van der Waals surface area contributed by atoms with Crippen molar-refractivity contribution in [2.75, 3.05) is 0 Å². The molecule has 0 aromatic carbocycles. The van der Waals surface area contributed by atoms with Gasteiger partial charge in [0.1, 0.15) is 0 Å². The molecule has 0 bridgehead atoms. The number of amides is 1. The van der Waals surface area contributed by atoms with Crippen LogP contribution >= 0.6 is 0 Å². The Bertz CT molecular complexity index is 449. The van der Waals surface area contributed by atoms with E-state index >= 15 is 0 Å². The quantitative estimate of drug-likeness (QED) is 0.780. The molecule has 0 spiro atoms. The molecule has 20 heavy (non-hydrogen) atoms. The molecule has 0 aliphatic carbocycles. The molecule has 0 aromatic heterocycles. The van der Waals surface area contributed by atoms with Gasteiger partial charge in [0.25, 0.3) is 10.0 Å². The lowest BCUT2D eigenvalue weighted by atomic mass is 10.1. The molecular weight excluding hydrogens is 337 g/mol. The van der Waals surface area contributed by atoms with Crippen molar-refractivity contribution in [3.05, 3.63) is 0 Å². The van der Waals surface area contributed by atoms with Gasteiger partial charge in [0.15, 0.2) is 0 Å². The second kappa shape index (κ2) is 4.66. The maximum absolute atomic E-state index is 12.3. The lowest BCUT2D eigenvalue weighted by Gasteiger charge is -2.37. The lowest BCUT2D eigenvalue weighted by Crippen LogP contribution is -2.73. The van der Waals surface area contributed by atoms with Crippen molar-refractivity contribution in [1.82, 2.24) is 4.72 Å². The van der Waals surface area contributed by atoms with Crippen LogP contribution in [0.5, 0.6) is 0 Å². The molecule has 0 atom stereocenters. The monoisotopic (exact) mass is 341 g/mol. The van der Waals surface area contributed by atoms with Crippen LogP contribution in [0.25, 0.3) is 0 Å². The Morgan fingerprint density at radius 2 is 1.05 bits per heavy atom. The Morgan fingerprint density at radius 3 is 1.20 bits per heavy atom. The van der Waals surface area contributed by atoms with Crippen molar-refractivity contribution in [2.24, 2.45) is 0 Å². The molecule has 0 aromatic rings. The summed E-state index contributed by atoms with van der Waals surface area (Å²) in [4.78, 5) is 10.3. The minimum atomic E-state index is -7.30. The number of sulfonamides is 1. The minimum Gasteiger partial charge on any atom is -0.274 e. The SMILES string of the molecule is CC(=O)NS(=O)(=O)C(C(F)(F)F)(C(F)(F)F)C(F)(F)F. The maximum atomic E-state index is 12.3. The predicted molar refractivity (Wildman–Crippen MR) is 43.6 cm³/mol. The molecule has 0 aliphatic rings. The molecule has 0 aliphatic heterocycles. The van der Waals surface area contributed by atoms with E-state index in [9.17, 15) is 52.7 Å². The van der Waals surface area contributed by atoms with Crippen LogP contribution in [0.4, 0.5) is 39.5 Å². The molecular formula is C6H4F9NO3S. The van der Waals surface area contributed by atoms with Crippen LogP contribution in [0.1, 0.15) is 6.92 Å². The lowest BCUT2D eigenvalue weighted by molar-refractivity contribution is -0.347. The van der Waals surface area contributed by atoms with E-state index in [1.165, 1.54) is 0 Å². The van der Waals surface area contributed by atoms with Crippen LogP contribution in [0.2, 0.25) is 0 Å². The Morgan fingerprint density at radius 1 is 0.800 bits per heavy atom. The van der Waals surface area contributed by atoms with Gasteiger partial charge in [-0.1, -0.05) is 0 Å². The fraction of sp³-hybridized carbons (Fsp3) is 0.833. The van der Waals surface area contributed by atoms with Crippen molar-refractivity contribution in [3.8, 4) is 0 Å². The summed E-state index contributed by atoms with van der Waals surface area (Å²) in [6.45, 7) is 0.130. The van der Waals surface area contributed by atoms with Crippen LogP contribution in [0, 0.1) is 0 Å². The van der Waals surface area contributed by atoms with Gasteiger partial charge in [-0.25, -0.2) is 8.42 Å². The third kappa shape index (κ3) is 2.64. The van der Waals surface area contributed by atoms with E-state index in [0.717, 1.165) is 0 Å². The van der Waals surface area contributed by atoms with Crippen molar-refractivity contribution in [3.63, 3.8) is 0 Å². The van der Waals surface area contributed by atoms with Gasteiger partial charge in [-0.15, -0.1) is 0 Å². The molecule has 4 nitrogen and oxygen atoms in total. The summed E-state index contributed by atoms with van der Waals surface area (Å²) in [5.41, 5.74) is 0. The summed E-state index contributed by atoms with van der Waals surface area (Å²) in [5.74, 6) is -2.05. The van der Waals surface area contributed by atoms with E-state index in [1.807, 2.05) is 0 Å². The minimum absolute atomic E-state index is 0.0530. The first kappa shape index (κ1) is 18.8. The van der Waals surface area contributed by atoms with Crippen LogP contribution < -0.4 is 4.72 Å². The van der Waals surface area contributed by atoms with Gasteiger partial charge in [0, 0.05) is 6.92 Å². The van der Waals surface area contributed by atoms with Crippen molar-refractivity contribution >= 4 is 15.9 Å². The molecule has 1 amide bonds. The van der Waals surface area contributed by atoms with E-state index in [0.29, 0.717) is 0 Å². The van der Waals surface area contributed by atoms with Gasteiger partial charge in [-0.3, -0.25) is 9.52 Å². The van der Waals surface area contributed by atoms with Gasteiger partial charge in [-0.05, 0) is 0 Å². The Hall–Kier alpha value is -1.21. The molecule has 0 rings (SSSR count). The number of carbonyl (C=O) groups is 1. The molecule has 120 valence electrons. The number of rotatable bonds is 2. The van der Waals surface area contributed by atoms with Crippen LogP contribution in [-0.2, 0) is 14.8 Å². The number of nitrogens with one attached hydrogen (secondary N) is 1. The highest BCUT2D eigenvalue weighted by molar-refractivity contribution is 7.91.